The second kappa shape index (κ2) is 5.46. The Morgan fingerprint density at radius 1 is 1.45 bits per heavy atom. The van der Waals surface area contributed by atoms with Crippen LogP contribution in [0.25, 0.3) is 0 Å². The van der Waals surface area contributed by atoms with Gasteiger partial charge in [0.25, 0.3) is 0 Å². The van der Waals surface area contributed by atoms with E-state index in [1.54, 1.807) is 18.7 Å². The van der Waals surface area contributed by atoms with Crippen molar-refractivity contribution in [3.8, 4) is 0 Å². The summed E-state index contributed by atoms with van der Waals surface area (Å²) in [6.07, 6.45) is -1.11. The van der Waals surface area contributed by atoms with Gasteiger partial charge in [0.2, 0.25) is 5.91 Å². The summed E-state index contributed by atoms with van der Waals surface area (Å²) in [5.74, 6) is -1.59. The maximum atomic E-state index is 13.6. The zero-order valence-electron chi connectivity index (χ0n) is 11.5. The quantitative estimate of drug-likeness (QED) is 0.877. The molecule has 1 amide bonds. The van der Waals surface area contributed by atoms with Gasteiger partial charge in [-0.05, 0) is 19.9 Å². The van der Waals surface area contributed by atoms with Gasteiger partial charge in [-0.2, -0.15) is 0 Å². The van der Waals surface area contributed by atoms with Gasteiger partial charge in [0.15, 0.2) is 0 Å². The SMILES string of the molecule is CC1(C)C(=O)NCCN1CC(O)c1ccc(F)cc1F. The van der Waals surface area contributed by atoms with Crippen LogP contribution in [0.3, 0.4) is 0 Å². The molecule has 1 aliphatic rings. The van der Waals surface area contributed by atoms with Crippen molar-refractivity contribution in [1.82, 2.24) is 10.2 Å². The van der Waals surface area contributed by atoms with Crippen LogP contribution in [0.2, 0.25) is 0 Å². The van der Waals surface area contributed by atoms with Crippen LogP contribution in [0, 0.1) is 11.6 Å². The minimum Gasteiger partial charge on any atom is -0.387 e. The van der Waals surface area contributed by atoms with Crippen LogP contribution >= 0.6 is 0 Å². The van der Waals surface area contributed by atoms with Gasteiger partial charge >= 0.3 is 0 Å². The van der Waals surface area contributed by atoms with Gasteiger partial charge in [-0.3, -0.25) is 9.69 Å². The topological polar surface area (TPSA) is 52.6 Å². The molecule has 4 nitrogen and oxygen atoms in total. The number of β-amino-alcohol motifs (C(OH)–C–C–N with tert-alkyl or cyclic N) is 1. The minimum atomic E-state index is -1.11. The highest BCUT2D eigenvalue weighted by atomic mass is 19.1. The Labute approximate surface area is 116 Å². The van der Waals surface area contributed by atoms with E-state index in [4.69, 9.17) is 0 Å². The highest BCUT2D eigenvalue weighted by molar-refractivity contribution is 5.86. The number of hydrogen-bond acceptors (Lipinski definition) is 3. The van der Waals surface area contributed by atoms with Crippen molar-refractivity contribution in [3.05, 3.63) is 35.4 Å². The Morgan fingerprint density at radius 3 is 2.80 bits per heavy atom. The first-order valence-corrected chi connectivity index (χ1v) is 6.48. The van der Waals surface area contributed by atoms with E-state index in [-0.39, 0.29) is 18.0 Å². The van der Waals surface area contributed by atoms with Crippen molar-refractivity contribution in [3.63, 3.8) is 0 Å². The summed E-state index contributed by atoms with van der Waals surface area (Å²) >= 11 is 0. The second-order valence-electron chi connectivity index (χ2n) is 5.44. The monoisotopic (exact) mass is 284 g/mol. The number of carbonyl (C=O) groups is 1. The summed E-state index contributed by atoms with van der Waals surface area (Å²) in [6.45, 7) is 4.66. The molecule has 1 unspecified atom stereocenters. The van der Waals surface area contributed by atoms with Crippen LogP contribution in [0.1, 0.15) is 25.5 Å². The Morgan fingerprint density at radius 2 is 2.15 bits per heavy atom. The molecule has 1 heterocycles. The zero-order valence-corrected chi connectivity index (χ0v) is 11.5. The molecule has 0 spiro atoms. The first-order chi connectivity index (χ1) is 9.32. The summed E-state index contributed by atoms with van der Waals surface area (Å²) in [6, 6.07) is 3.08. The van der Waals surface area contributed by atoms with Crippen LogP contribution in [0.15, 0.2) is 18.2 Å². The molecule has 1 aromatic carbocycles. The van der Waals surface area contributed by atoms with Gasteiger partial charge < -0.3 is 10.4 Å². The van der Waals surface area contributed by atoms with E-state index in [1.165, 1.54) is 6.07 Å². The minimum absolute atomic E-state index is 0.0354. The number of aliphatic hydroxyl groups excluding tert-OH is 1. The molecule has 20 heavy (non-hydrogen) atoms. The van der Waals surface area contributed by atoms with Gasteiger partial charge in [0.05, 0.1) is 11.6 Å². The average Bonchev–Trinajstić information content (AvgIpc) is 2.35. The number of nitrogens with one attached hydrogen (secondary N) is 1. The maximum Gasteiger partial charge on any atom is 0.240 e. The molecule has 0 aliphatic carbocycles. The number of hydrogen-bond donors (Lipinski definition) is 2. The molecule has 1 fully saturated rings. The largest absolute Gasteiger partial charge is 0.387 e. The van der Waals surface area contributed by atoms with E-state index < -0.39 is 23.3 Å². The molecule has 0 bridgehead atoms. The van der Waals surface area contributed by atoms with Crippen LogP contribution < -0.4 is 5.32 Å². The van der Waals surface area contributed by atoms with Crippen molar-refractivity contribution < 1.29 is 18.7 Å². The average molecular weight is 284 g/mol. The van der Waals surface area contributed by atoms with Crippen molar-refractivity contribution in [1.29, 1.82) is 0 Å². The molecule has 6 heteroatoms. The summed E-state index contributed by atoms with van der Waals surface area (Å²) in [7, 11) is 0. The third-order valence-electron chi connectivity index (χ3n) is 3.73. The van der Waals surface area contributed by atoms with Crippen LogP contribution in [0.4, 0.5) is 8.78 Å². The third-order valence-corrected chi connectivity index (χ3v) is 3.73. The molecule has 0 aromatic heterocycles. The van der Waals surface area contributed by atoms with E-state index in [0.29, 0.717) is 13.1 Å². The summed E-state index contributed by atoms with van der Waals surface area (Å²) in [5.41, 5.74) is -0.733. The third kappa shape index (κ3) is 2.81. The van der Waals surface area contributed by atoms with Crippen molar-refractivity contribution in [2.75, 3.05) is 19.6 Å². The zero-order chi connectivity index (χ0) is 14.9. The fourth-order valence-electron chi connectivity index (χ4n) is 2.34. The molecule has 0 saturated carbocycles. The van der Waals surface area contributed by atoms with E-state index >= 15 is 0 Å². The Bertz CT molecular complexity index is 520. The first kappa shape index (κ1) is 14.9. The summed E-state index contributed by atoms with van der Waals surface area (Å²) in [5, 5.41) is 12.9. The normalized spacial score (nSPS) is 20.6. The van der Waals surface area contributed by atoms with E-state index in [1.807, 2.05) is 0 Å². The van der Waals surface area contributed by atoms with Crippen molar-refractivity contribution in [2.45, 2.75) is 25.5 Å². The number of carbonyl (C=O) groups excluding carboxylic acids is 1. The molecule has 110 valence electrons. The number of nitrogens with zero attached hydrogens (tertiary/aromatic N) is 1. The lowest BCUT2D eigenvalue weighted by molar-refractivity contribution is -0.136. The molecular weight excluding hydrogens is 266 g/mol. The lowest BCUT2D eigenvalue weighted by Crippen LogP contribution is -2.62. The van der Waals surface area contributed by atoms with Gasteiger partial charge in [-0.15, -0.1) is 0 Å². The lowest BCUT2D eigenvalue weighted by atomic mass is 9.97. The van der Waals surface area contributed by atoms with E-state index in [0.717, 1.165) is 12.1 Å². The van der Waals surface area contributed by atoms with E-state index in [9.17, 15) is 18.7 Å². The van der Waals surface area contributed by atoms with Crippen LogP contribution in [-0.2, 0) is 4.79 Å². The number of rotatable bonds is 3. The predicted octanol–water partition coefficient (Wildman–Crippen LogP) is 1.21. The van der Waals surface area contributed by atoms with Crippen molar-refractivity contribution in [2.24, 2.45) is 0 Å². The van der Waals surface area contributed by atoms with Crippen molar-refractivity contribution >= 4 is 5.91 Å². The standard InChI is InChI=1S/C14H18F2N2O2/c1-14(2)13(20)17-5-6-18(14)8-12(19)10-4-3-9(15)7-11(10)16/h3-4,7,12,19H,5-6,8H2,1-2H3,(H,17,20). The fraction of sp³-hybridized carbons (Fsp3) is 0.500. The molecule has 2 rings (SSSR count). The molecular formula is C14H18F2N2O2. The van der Waals surface area contributed by atoms with Gasteiger partial charge in [0, 0.05) is 31.3 Å². The number of benzene rings is 1. The molecule has 1 aliphatic heterocycles. The lowest BCUT2D eigenvalue weighted by Gasteiger charge is -2.42. The number of amides is 1. The van der Waals surface area contributed by atoms with Crippen LogP contribution in [-0.4, -0.2) is 41.1 Å². The molecule has 2 N–H and O–H groups in total. The van der Waals surface area contributed by atoms with Gasteiger partial charge in [-0.1, -0.05) is 6.07 Å². The Hall–Kier alpha value is -1.53. The number of piperazine rings is 1. The molecule has 1 aromatic rings. The predicted molar refractivity (Wildman–Crippen MR) is 70.0 cm³/mol. The summed E-state index contributed by atoms with van der Waals surface area (Å²) in [4.78, 5) is 13.6. The van der Waals surface area contributed by atoms with Gasteiger partial charge in [0.1, 0.15) is 11.6 Å². The molecule has 0 radical (unpaired) electrons. The first-order valence-electron chi connectivity index (χ1n) is 6.48. The maximum absolute atomic E-state index is 13.6. The molecule has 1 saturated heterocycles. The second-order valence-corrected chi connectivity index (χ2v) is 5.44. The van der Waals surface area contributed by atoms with Crippen LogP contribution in [0.5, 0.6) is 0 Å². The van der Waals surface area contributed by atoms with E-state index in [2.05, 4.69) is 5.32 Å². The highest BCUT2D eigenvalue weighted by Gasteiger charge is 2.38. The smallest absolute Gasteiger partial charge is 0.240 e. The van der Waals surface area contributed by atoms with Gasteiger partial charge in [-0.25, -0.2) is 8.78 Å². The highest BCUT2D eigenvalue weighted by Crippen LogP contribution is 2.24. The Balaban J connectivity index is 2.14. The summed E-state index contributed by atoms with van der Waals surface area (Å²) < 4.78 is 26.5. The number of halogens is 2. The molecule has 1 atom stereocenters. The number of aliphatic hydroxyl groups is 1. The Kier molecular flexibility index (Phi) is 4.06. The fourth-order valence-corrected chi connectivity index (χ4v) is 2.34.